The predicted octanol–water partition coefficient (Wildman–Crippen LogP) is 4.77. The lowest BCUT2D eigenvalue weighted by Gasteiger charge is -2.43. The van der Waals surface area contributed by atoms with Crippen molar-refractivity contribution in [1.29, 1.82) is 0 Å². The van der Waals surface area contributed by atoms with E-state index in [9.17, 15) is 48.3 Å². The number of alkyl carbamates (subject to hydrolysis) is 1. The van der Waals surface area contributed by atoms with Gasteiger partial charge in [-0.1, -0.05) is 49.2 Å². The number of fused-ring (bicyclic) bond motifs is 4. The highest BCUT2D eigenvalue weighted by Crippen LogP contribution is 2.38. The molecule has 406 valence electrons. The number of benzene rings is 1. The molecule has 1 aliphatic carbocycles. The number of likely N-dealkylation sites (N-methyl/N-ethyl adjacent to an activating group) is 1. The Kier molecular flexibility index (Phi) is 19.8. The van der Waals surface area contributed by atoms with Crippen molar-refractivity contribution >= 4 is 82.5 Å². The maximum atomic E-state index is 14.2. The molecule has 4 aliphatic heterocycles. The van der Waals surface area contributed by atoms with Crippen molar-refractivity contribution in [2.45, 2.75) is 146 Å². The zero-order chi connectivity index (χ0) is 54.2. The number of esters is 1. The first-order valence-corrected chi connectivity index (χ1v) is 26.4. The zero-order valence-electron chi connectivity index (χ0n) is 43.1. The molecule has 4 heterocycles. The van der Waals surface area contributed by atoms with Crippen molar-refractivity contribution in [1.82, 2.24) is 20.2 Å². The van der Waals surface area contributed by atoms with Gasteiger partial charge in [-0.25, -0.2) is 14.4 Å². The number of likely N-dealkylation sites (tertiary alicyclic amines) is 1. The van der Waals surface area contributed by atoms with Crippen LogP contribution in [0.3, 0.4) is 0 Å². The number of nitrogens with zero attached hydrogens (tertiary/aromatic N) is 4. The molecule has 0 radical (unpaired) electrons. The number of hydrogen-bond donors (Lipinski definition) is 2. The van der Waals surface area contributed by atoms with Gasteiger partial charge in [0, 0.05) is 71.5 Å². The lowest BCUT2D eigenvalue weighted by molar-refractivity contribution is -0.209. The lowest BCUT2D eigenvalue weighted by Crippen LogP contribution is -2.63. The molecule has 21 nitrogen and oxygen atoms in total. The van der Waals surface area contributed by atoms with Gasteiger partial charge in [0.2, 0.25) is 29.9 Å². The van der Waals surface area contributed by atoms with E-state index in [-0.39, 0.29) is 73.6 Å². The number of ether oxygens (including phenoxy) is 5. The number of allylic oxidation sites excluding steroid dienone is 3. The maximum absolute atomic E-state index is 14.2. The Morgan fingerprint density at radius 3 is 2.35 bits per heavy atom. The Hall–Kier alpha value is -5.55. The molecule has 2 N–H and O–H groups in total. The van der Waals surface area contributed by atoms with Crippen molar-refractivity contribution in [3.05, 3.63) is 46.5 Å². The molecule has 0 spiro atoms. The van der Waals surface area contributed by atoms with E-state index in [1.165, 1.54) is 49.9 Å². The fourth-order valence-electron chi connectivity index (χ4n) is 9.75. The third kappa shape index (κ3) is 13.8. The predicted molar refractivity (Wildman–Crippen MR) is 268 cm³/mol. The van der Waals surface area contributed by atoms with E-state index < -0.39 is 102 Å². The van der Waals surface area contributed by atoms with Crippen LogP contribution in [-0.2, 0) is 68.6 Å². The van der Waals surface area contributed by atoms with Crippen LogP contribution in [0.1, 0.15) is 104 Å². The third-order valence-corrected chi connectivity index (χ3v) is 16.0. The van der Waals surface area contributed by atoms with Gasteiger partial charge >= 0.3 is 18.0 Å². The average molecular weight is 1070 g/mol. The molecule has 0 unspecified atom stereocenters. The molecule has 1 saturated carbocycles. The van der Waals surface area contributed by atoms with Crippen LogP contribution in [0.2, 0.25) is 5.02 Å². The molecule has 4 bridgehead atoms. The van der Waals surface area contributed by atoms with Gasteiger partial charge in [0.25, 0.3) is 11.8 Å². The number of nitrogens with one attached hydrogen (secondary N) is 1. The van der Waals surface area contributed by atoms with E-state index in [0.717, 1.165) is 22.9 Å². The topological polar surface area (TPSA) is 254 Å². The summed E-state index contributed by atoms with van der Waals surface area (Å²) in [6, 6.07) is 2.31. The van der Waals surface area contributed by atoms with E-state index in [1.807, 2.05) is 13.0 Å². The summed E-state index contributed by atoms with van der Waals surface area (Å²) in [5.41, 5.74) is 0.0532. The maximum Gasteiger partial charge on any atom is 0.409 e. The van der Waals surface area contributed by atoms with E-state index >= 15 is 0 Å². The fraction of sp³-hybridized carbons (Fsp3) is 0.627. The summed E-state index contributed by atoms with van der Waals surface area (Å²) in [6.07, 6.45) is 1.80. The Bertz CT molecular complexity index is 2380. The normalized spacial score (nSPS) is 29.8. The number of carbonyl (C=O) groups is 9. The number of thioether (sulfide) groups is 1. The standard InChI is InChI=1S/C51H68ClN5O16S/c1-9-35-29(3)37-26-51(67,53-50(66)71-37)39(69-8)12-10-11-28(2)21-32-22-34(46(52)36(23-32)68-7)55(6)43(61)25-45(70-35)72-48(64)30(4)54(5)40(58)19-20-74-38-24-44(62)56(47(38)63)27-31-13-15-33(16-14-31)49(65)73-57-41(59)17-18-42(57)60/h10-12,22-23,29-31,33,35,37-39,45,67H,9,13-21,24-27H2,1-8H3,(H,53,66)/b12-10+,28-11+/t29-,30-,31?,33?,35+,37-,38-,39+,45-,51-/m0/s1. The summed E-state index contributed by atoms with van der Waals surface area (Å²) in [5.74, 6) is -5.11. The van der Waals surface area contributed by atoms with Crippen LogP contribution in [0.25, 0.3) is 0 Å². The minimum absolute atomic E-state index is 0.00305. The van der Waals surface area contributed by atoms with Crippen molar-refractivity contribution in [2.75, 3.05) is 45.5 Å². The molecule has 6 rings (SSSR count). The summed E-state index contributed by atoms with van der Waals surface area (Å²) in [7, 11) is 5.79. The van der Waals surface area contributed by atoms with Crippen LogP contribution >= 0.6 is 23.4 Å². The Labute approximate surface area is 439 Å². The number of imide groups is 2. The molecule has 5 aliphatic rings. The molecular formula is C51H68ClN5O16S. The summed E-state index contributed by atoms with van der Waals surface area (Å²) in [6.45, 7) is 7.07. The Morgan fingerprint density at radius 2 is 1.70 bits per heavy atom. The van der Waals surface area contributed by atoms with Crippen LogP contribution in [-0.4, -0.2) is 156 Å². The molecule has 3 saturated heterocycles. The third-order valence-electron chi connectivity index (χ3n) is 14.5. The van der Waals surface area contributed by atoms with Crippen LogP contribution < -0.4 is 15.0 Å². The zero-order valence-corrected chi connectivity index (χ0v) is 44.7. The lowest BCUT2D eigenvalue weighted by atomic mass is 9.82. The van der Waals surface area contributed by atoms with Crippen LogP contribution in [0, 0.1) is 17.8 Å². The highest BCUT2D eigenvalue weighted by Gasteiger charge is 2.48. The number of halogens is 1. The number of amides is 7. The average Bonchev–Trinajstić information content (AvgIpc) is 3.82. The van der Waals surface area contributed by atoms with E-state index in [2.05, 4.69) is 5.32 Å². The van der Waals surface area contributed by atoms with Crippen molar-refractivity contribution in [2.24, 2.45) is 17.8 Å². The number of methoxy groups -OCH3 is 2. The Balaban J connectivity index is 1.09. The molecular weight excluding hydrogens is 1010 g/mol. The van der Waals surface area contributed by atoms with Crippen molar-refractivity contribution in [3.8, 4) is 5.75 Å². The number of carbonyl (C=O) groups excluding carboxylic acids is 9. The van der Waals surface area contributed by atoms with Gasteiger partial charge in [-0.2, -0.15) is 0 Å². The number of anilines is 1. The first-order chi connectivity index (χ1) is 35.1. The number of aliphatic hydroxyl groups is 1. The van der Waals surface area contributed by atoms with Gasteiger partial charge in [-0.15, -0.1) is 16.8 Å². The van der Waals surface area contributed by atoms with Gasteiger partial charge in [-0.3, -0.25) is 39.0 Å². The van der Waals surface area contributed by atoms with E-state index in [4.69, 9.17) is 40.1 Å². The number of hydroxylamine groups is 2. The van der Waals surface area contributed by atoms with Crippen molar-refractivity contribution in [3.63, 3.8) is 0 Å². The summed E-state index contributed by atoms with van der Waals surface area (Å²) in [4.78, 5) is 127. The SMILES string of the molecule is CC[C@H]1O[C@@H](OC(=O)[C@H](C)N(C)C(=O)CCS[C@H]2CC(=O)N(CC3CCC(C(=O)ON4C(=O)CCC4=O)CC3)C2=O)CC(=O)N(C)c2cc(cc(OC)c2Cl)C/C(C)=C/C=C/[C@@H](OC)[C@@]2(O)C[C@H](OC(=O)N2)[C@H]1C. The molecule has 1 aromatic rings. The second kappa shape index (κ2) is 25.3. The molecule has 8 atom stereocenters. The summed E-state index contributed by atoms with van der Waals surface area (Å²) in [5, 5.41) is 14.3. The number of hydrogen-bond acceptors (Lipinski definition) is 17. The minimum Gasteiger partial charge on any atom is -0.495 e. The summed E-state index contributed by atoms with van der Waals surface area (Å²) >= 11 is 7.95. The summed E-state index contributed by atoms with van der Waals surface area (Å²) < 4.78 is 29.3. The highest BCUT2D eigenvalue weighted by atomic mass is 35.5. The first kappa shape index (κ1) is 57.7. The molecule has 1 aromatic carbocycles. The van der Waals surface area contributed by atoms with Gasteiger partial charge < -0.3 is 43.4 Å². The highest BCUT2D eigenvalue weighted by molar-refractivity contribution is 8.00. The molecule has 7 amide bonds. The van der Waals surface area contributed by atoms with Crippen LogP contribution in [0.15, 0.2) is 35.9 Å². The fourth-order valence-corrected chi connectivity index (χ4v) is 11.2. The minimum atomic E-state index is -1.90. The molecule has 4 fully saturated rings. The van der Waals surface area contributed by atoms with Gasteiger partial charge in [0.05, 0.1) is 36.5 Å². The van der Waals surface area contributed by atoms with Gasteiger partial charge in [0.15, 0.2) is 5.72 Å². The number of rotatable bonds is 14. The molecule has 74 heavy (non-hydrogen) atoms. The van der Waals surface area contributed by atoms with Crippen LogP contribution in [0.5, 0.6) is 5.75 Å². The molecule has 0 aromatic heterocycles. The monoisotopic (exact) mass is 1070 g/mol. The largest absolute Gasteiger partial charge is 0.495 e. The van der Waals surface area contributed by atoms with Gasteiger partial charge in [-0.05, 0) is 76.0 Å². The van der Waals surface area contributed by atoms with E-state index in [0.29, 0.717) is 48.6 Å². The van der Waals surface area contributed by atoms with Gasteiger partial charge in [0.1, 0.15) is 29.0 Å². The molecule has 23 heteroatoms. The van der Waals surface area contributed by atoms with Crippen molar-refractivity contribution < 1.29 is 76.8 Å². The van der Waals surface area contributed by atoms with Crippen LogP contribution in [0.4, 0.5) is 10.5 Å². The van der Waals surface area contributed by atoms with E-state index in [1.54, 1.807) is 38.1 Å². The smallest absolute Gasteiger partial charge is 0.409 e. The Morgan fingerprint density at radius 1 is 1.01 bits per heavy atom. The quantitative estimate of drug-likeness (QED) is 0.188. The second-order valence-electron chi connectivity index (χ2n) is 19.6. The second-order valence-corrected chi connectivity index (χ2v) is 21.3. The first-order valence-electron chi connectivity index (χ1n) is 24.9.